The minimum atomic E-state index is -3.99. The molecule has 0 radical (unpaired) electrons. The monoisotopic (exact) mass is 565 g/mol. The normalized spacial score (nSPS) is 11.8. The zero-order chi connectivity index (χ0) is 29.0. The zero-order valence-electron chi connectivity index (χ0n) is 22.7. The lowest BCUT2D eigenvalue weighted by Crippen LogP contribution is -2.49. The van der Waals surface area contributed by atoms with Crippen molar-refractivity contribution in [1.82, 2.24) is 15.4 Å². The molecule has 0 fully saturated rings. The number of aryl methyl sites for hydroxylation is 1. The number of carbonyl (C=O) groups excluding carboxylic acids is 3. The van der Waals surface area contributed by atoms with Crippen molar-refractivity contribution in [2.24, 2.45) is 0 Å². The molecule has 0 spiro atoms. The van der Waals surface area contributed by atoms with Crippen molar-refractivity contribution in [3.8, 4) is 5.75 Å². The van der Waals surface area contributed by atoms with Crippen molar-refractivity contribution in [3.63, 3.8) is 0 Å². The standard InChI is InChI=1S/C30H35N3O6S/c1-22-8-15-27(16-9-22)40(37,38)33-28(30(36)32-19-18-31-29(35)17-10-23(2)34)20-24-11-13-26(14-12-24)39-21-25-6-4-3-5-7-25/h3-9,11-16,28,33H,10,17-21H2,1-2H3,(H,31,35)(H,32,36). The summed E-state index contributed by atoms with van der Waals surface area (Å²) in [6, 6.07) is 22.1. The molecule has 1 unspecified atom stereocenters. The van der Waals surface area contributed by atoms with E-state index in [1.807, 2.05) is 37.3 Å². The number of amides is 2. The third kappa shape index (κ3) is 10.3. The quantitative estimate of drug-likeness (QED) is 0.243. The molecule has 3 rings (SSSR count). The Kier molecular flexibility index (Phi) is 11.4. The summed E-state index contributed by atoms with van der Waals surface area (Å²) in [5.74, 6) is -0.258. The minimum absolute atomic E-state index is 0.0540. The lowest BCUT2D eigenvalue weighted by Gasteiger charge is -2.19. The maximum atomic E-state index is 13.1. The van der Waals surface area contributed by atoms with E-state index in [-0.39, 0.29) is 48.9 Å². The smallest absolute Gasteiger partial charge is 0.241 e. The van der Waals surface area contributed by atoms with Crippen LogP contribution in [0.2, 0.25) is 0 Å². The molecular weight excluding hydrogens is 530 g/mol. The number of hydrogen-bond acceptors (Lipinski definition) is 6. The van der Waals surface area contributed by atoms with Crippen molar-refractivity contribution >= 4 is 27.6 Å². The molecule has 0 saturated heterocycles. The van der Waals surface area contributed by atoms with E-state index in [0.29, 0.717) is 12.4 Å². The van der Waals surface area contributed by atoms with Crippen molar-refractivity contribution in [2.75, 3.05) is 13.1 Å². The number of ether oxygens (including phenoxy) is 1. The summed E-state index contributed by atoms with van der Waals surface area (Å²) in [6.07, 6.45) is 0.325. The number of carbonyl (C=O) groups is 3. The van der Waals surface area contributed by atoms with Crippen LogP contribution in [0.15, 0.2) is 83.8 Å². The van der Waals surface area contributed by atoms with Gasteiger partial charge in [-0.05, 0) is 55.7 Å². The molecule has 3 aromatic carbocycles. The van der Waals surface area contributed by atoms with Crippen LogP contribution < -0.4 is 20.1 Å². The van der Waals surface area contributed by atoms with E-state index in [2.05, 4.69) is 15.4 Å². The van der Waals surface area contributed by atoms with E-state index in [4.69, 9.17) is 4.74 Å². The van der Waals surface area contributed by atoms with E-state index in [9.17, 15) is 22.8 Å². The van der Waals surface area contributed by atoms with Crippen LogP contribution in [0, 0.1) is 6.92 Å². The van der Waals surface area contributed by atoms with Crippen LogP contribution >= 0.6 is 0 Å². The molecule has 212 valence electrons. The number of ketones is 1. The van der Waals surface area contributed by atoms with E-state index in [1.165, 1.54) is 19.1 Å². The summed E-state index contributed by atoms with van der Waals surface area (Å²) in [7, 11) is -3.99. The van der Waals surface area contributed by atoms with Gasteiger partial charge in [0.1, 0.15) is 24.2 Å². The molecule has 40 heavy (non-hydrogen) atoms. The first-order chi connectivity index (χ1) is 19.1. The van der Waals surface area contributed by atoms with Crippen LogP contribution in [0.1, 0.15) is 36.5 Å². The summed E-state index contributed by atoms with van der Waals surface area (Å²) in [5.41, 5.74) is 2.67. The number of Topliss-reactive ketones (excluding diaryl/α,β-unsaturated/α-hetero) is 1. The van der Waals surface area contributed by atoms with Crippen molar-refractivity contribution in [2.45, 2.75) is 50.7 Å². The fourth-order valence-electron chi connectivity index (χ4n) is 3.75. The van der Waals surface area contributed by atoms with Crippen LogP contribution in [0.25, 0.3) is 0 Å². The summed E-state index contributed by atoms with van der Waals surface area (Å²) in [6.45, 7) is 3.92. The highest BCUT2D eigenvalue weighted by Crippen LogP contribution is 2.17. The van der Waals surface area contributed by atoms with Gasteiger partial charge in [0.05, 0.1) is 4.90 Å². The Morgan fingerprint density at radius 1 is 0.800 bits per heavy atom. The zero-order valence-corrected chi connectivity index (χ0v) is 23.5. The second-order valence-corrected chi connectivity index (χ2v) is 11.2. The molecule has 0 saturated carbocycles. The molecule has 0 aliphatic carbocycles. The van der Waals surface area contributed by atoms with Gasteiger partial charge in [-0.15, -0.1) is 0 Å². The largest absolute Gasteiger partial charge is 0.489 e. The van der Waals surface area contributed by atoms with Crippen LogP contribution in [0.4, 0.5) is 0 Å². The van der Waals surface area contributed by atoms with Crippen molar-refractivity contribution < 1.29 is 27.5 Å². The van der Waals surface area contributed by atoms with E-state index in [1.54, 1.807) is 36.4 Å². The Morgan fingerprint density at radius 3 is 2.10 bits per heavy atom. The molecule has 2 amide bonds. The van der Waals surface area contributed by atoms with Gasteiger partial charge in [-0.3, -0.25) is 9.59 Å². The van der Waals surface area contributed by atoms with Gasteiger partial charge in [-0.25, -0.2) is 8.42 Å². The van der Waals surface area contributed by atoms with Gasteiger partial charge in [-0.1, -0.05) is 60.2 Å². The first kappa shape index (κ1) is 30.5. The highest BCUT2D eigenvalue weighted by Gasteiger charge is 2.26. The van der Waals surface area contributed by atoms with Crippen molar-refractivity contribution in [1.29, 1.82) is 0 Å². The topological polar surface area (TPSA) is 131 Å². The molecule has 0 aliphatic heterocycles. The molecule has 3 aromatic rings. The van der Waals surface area contributed by atoms with Gasteiger partial charge >= 0.3 is 0 Å². The molecule has 3 N–H and O–H groups in total. The first-order valence-electron chi connectivity index (χ1n) is 13.0. The van der Waals surface area contributed by atoms with Crippen LogP contribution in [-0.2, 0) is 37.4 Å². The Labute approximate surface area is 235 Å². The number of rotatable bonds is 15. The van der Waals surface area contributed by atoms with Gasteiger partial charge in [0.15, 0.2) is 0 Å². The van der Waals surface area contributed by atoms with Crippen LogP contribution in [-0.4, -0.2) is 45.1 Å². The Balaban J connectivity index is 1.64. The molecule has 0 heterocycles. The van der Waals surface area contributed by atoms with Crippen LogP contribution in [0.3, 0.4) is 0 Å². The van der Waals surface area contributed by atoms with Crippen LogP contribution in [0.5, 0.6) is 5.75 Å². The average molecular weight is 566 g/mol. The van der Waals surface area contributed by atoms with E-state index in [0.717, 1.165) is 16.7 Å². The molecule has 1 atom stereocenters. The van der Waals surface area contributed by atoms with E-state index < -0.39 is 22.0 Å². The first-order valence-corrected chi connectivity index (χ1v) is 14.5. The third-order valence-electron chi connectivity index (χ3n) is 6.01. The van der Waals surface area contributed by atoms with E-state index >= 15 is 0 Å². The fourth-order valence-corrected chi connectivity index (χ4v) is 4.94. The number of benzene rings is 3. The molecule has 0 bridgehead atoms. The fraction of sp³-hybridized carbons (Fsp3) is 0.300. The maximum absolute atomic E-state index is 13.1. The number of nitrogens with one attached hydrogen (secondary N) is 3. The molecule has 0 aromatic heterocycles. The second-order valence-electron chi connectivity index (χ2n) is 9.45. The Bertz CT molecular complexity index is 1380. The Hall–Kier alpha value is -4.02. The predicted octanol–water partition coefficient (Wildman–Crippen LogP) is 3.07. The lowest BCUT2D eigenvalue weighted by molar-refractivity contribution is -0.125. The minimum Gasteiger partial charge on any atom is -0.489 e. The van der Waals surface area contributed by atoms with Gasteiger partial charge in [0.25, 0.3) is 0 Å². The number of sulfonamides is 1. The molecule has 0 aliphatic rings. The summed E-state index contributed by atoms with van der Waals surface area (Å²) >= 11 is 0. The van der Waals surface area contributed by atoms with Crippen molar-refractivity contribution in [3.05, 3.63) is 95.6 Å². The average Bonchev–Trinajstić information content (AvgIpc) is 2.94. The third-order valence-corrected chi connectivity index (χ3v) is 7.49. The lowest BCUT2D eigenvalue weighted by atomic mass is 10.1. The summed E-state index contributed by atoms with van der Waals surface area (Å²) < 4.78 is 34.5. The number of hydrogen-bond donors (Lipinski definition) is 3. The molecule has 10 heteroatoms. The summed E-state index contributed by atoms with van der Waals surface area (Å²) in [5, 5.41) is 5.32. The van der Waals surface area contributed by atoms with Gasteiger partial charge in [0.2, 0.25) is 21.8 Å². The Morgan fingerprint density at radius 2 is 1.45 bits per heavy atom. The SMILES string of the molecule is CC(=O)CCC(=O)NCCNC(=O)C(Cc1ccc(OCc2ccccc2)cc1)NS(=O)(=O)c1ccc(C)cc1. The van der Waals surface area contributed by atoms with Gasteiger partial charge < -0.3 is 20.2 Å². The van der Waals surface area contributed by atoms with Gasteiger partial charge in [0, 0.05) is 25.9 Å². The van der Waals surface area contributed by atoms with Gasteiger partial charge in [-0.2, -0.15) is 4.72 Å². The summed E-state index contributed by atoms with van der Waals surface area (Å²) in [4.78, 5) is 36.0. The molecular formula is C30H35N3O6S. The maximum Gasteiger partial charge on any atom is 0.241 e. The molecule has 9 nitrogen and oxygen atoms in total. The predicted molar refractivity (Wildman–Crippen MR) is 152 cm³/mol. The highest BCUT2D eigenvalue weighted by atomic mass is 32.2. The highest BCUT2D eigenvalue weighted by molar-refractivity contribution is 7.89. The second kappa shape index (κ2) is 14.9.